The van der Waals surface area contributed by atoms with Gasteiger partial charge in [0.15, 0.2) is 5.82 Å². The van der Waals surface area contributed by atoms with Crippen LogP contribution in [0.25, 0.3) is 22.8 Å². The number of rotatable bonds is 4. The van der Waals surface area contributed by atoms with E-state index in [9.17, 15) is 17.6 Å². The monoisotopic (exact) mass is 403 g/mol. The lowest BCUT2D eigenvalue weighted by atomic mass is 10.2. The zero-order chi connectivity index (χ0) is 19.7. The standard InChI is InChI=1S/C20H13F4N3S/c21-16-4-2-1-3-15(16)19-25-17-9-10-27(12-18(17)26-19)11-13-5-7-14(8-6-13)28-20(22,23)24/h1-10,12H,11H2. The van der Waals surface area contributed by atoms with E-state index in [0.717, 1.165) is 5.56 Å². The van der Waals surface area contributed by atoms with E-state index in [-0.39, 0.29) is 22.5 Å². The smallest absolute Gasteiger partial charge is 0.348 e. The van der Waals surface area contributed by atoms with Crippen molar-refractivity contribution >= 4 is 11.8 Å². The van der Waals surface area contributed by atoms with Crippen molar-refractivity contribution in [3.63, 3.8) is 0 Å². The van der Waals surface area contributed by atoms with Gasteiger partial charge in [0.05, 0.1) is 11.3 Å². The zero-order valence-corrected chi connectivity index (χ0v) is 15.1. The minimum absolute atomic E-state index is 0.136. The van der Waals surface area contributed by atoms with Gasteiger partial charge in [0.25, 0.3) is 0 Å². The highest BCUT2D eigenvalue weighted by Gasteiger charge is 2.29. The lowest BCUT2D eigenvalue weighted by Gasteiger charge is -2.09. The first kappa shape index (κ1) is 18.5. The van der Waals surface area contributed by atoms with Crippen molar-refractivity contribution in [3.05, 3.63) is 78.4 Å². The Hall–Kier alpha value is -2.87. The molecule has 0 unspecified atom stereocenters. The predicted octanol–water partition coefficient (Wildman–Crippen LogP) is 5.85. The molecule has 0 fully saturated rings. The van der Waals surface area contributed by atoms with Gasteiger partial charge in [-0.1, -0.05) is 24.3 Å². The summed E-state index contributed by atoms with van der Waals surface area (Å²) in [6.45, 7) is 0.467. The van der Waals surface area contributed by atoms with Crippen LogP contribution >= 0.6 is 11.8 Å². The summed E-state index contributed by atoms with van der Waals surface area (Å²) in [6.07, 6.45) is 3.59. The van der Waals surface area contributed by atoms with Crippen LogP contribution in [0.3, 0.4) is 0 Å². The summed E-state index contributed by atoms with van der Waals surface area (Å²) in [5.41, 5.74) is -1.85. The van der Waals surface area contributed by atoms with Gasteiger partial charge < -0.3 is 4.57 Å². The number of hydrogen-bond donors (Lipinski definition) is 0. The lowest BCUT2D eigenvalue weighted by molar-refractivity contribution is -0.0328. The van der Waals surface area contributed by atoms with Crippen molar-refractivity contribution < 1.29 is 17.6 Å². The largest absolute Gasteiger partial charge is 0.446 e. The van der Waals surface area contributed by atoms with Crippen LogP contribution in [0.5, 0.6) is 0 Å². The number of thioether (sulfide) groups is 1. The molecule has 2 aromatic carbocycles. The number of benzene rings is 2. The molecule has 0 spiro atoms. The summed E-state index contributed by atoms with van der Waals surface area (Å²) in [5, 5.41) is 0. The molecule has 0 aromatic heterocycles. The highest BCUT2D eigenvalue weighted by Crippen LogP contribution is 2.36. The maximum atomic E-state index is 13.9. The summed E-state index contributed by atoms with van der Waals surface area (Å²) in [5.74, 6) is -0.0677. The lowest BCUT2D eigenvalue weighted by Crippen LogP contribution is -2.01. The van der Waals surface area contributed by atoms with E-state index in [4.69, 9.17) is 0 Å². The number of halogens is 4. The van der Waals surface area contributed by atoms with E-state index >= 15 is 0 Å². The van der Waals surface area contributed by atoms with Gasteiger partial charge in [0, 0.05) is 23.8 Å². The number of imidazole rings is 1. The molecule has 142 valence electrons. The summed E-state index contributed by atoms with van der Waals surface area (Å²) in [6, 6.07) is 14.3. The first-order valence-electron chi connectivity index (χ1n) is 8.30. The number of hydrogen-bond acceptors (Lipinski definition) is 3. The quantitative estimate of drug-likeness (QED) is 0.316. The molecular weight excluding hydrogens is 390 g/mol. The van der Waals surface area contributed by atoms with Crippen LogP contribution in [0.15, 0.2) is 71.9 Å². The number of alkyl halides is 3. The normalized spacial score (nSPS) is 11.9. The topological polar surface area (TPSA) is 30.7 Å². The molecule has 0 atom stereocenters. The molecular formula is C20H13F4N3S. The molecule has 2 aromatic rings. The van der Waals surface area contributed by atoms with Gasteiger partial charge in [-0.3, -0.25) is 0 Å². The molecule has 3 nitrogen and oxygen atoms in total. The molecule has 0 bridgehead atoms. The minimum Gasteiger partial charge on any atom is -0.348 e. The van der Waals surface area contributed by atoms with Gasteiger partial charge >= 0.3 is 5.51 Å². The van der Waals surface area contributed by atoms with Crippen LogP contribution in [0.2, 0.25) is 0 Å². The third kappa shape index (κ3) is 4.17. The third-order valence-corrected chi connectivity index (χ3v) is 4.80. The van der Waals surface area contributed by atoms with Crippen LogP contribution in [-0.2, 0) is 6.54 Å². The Balaban J connectivity index is 1.55. The molecule has 2 heterocycles. The van der Waals surface area contributed by atoms with Crippen LogP contribution in [0.4, 0.5) is 17.6 Å². The second-order valence-electron chi connectivity index (χ2n) is 6.11. The van der Waals surface area contributed by atoms with E-state index in [0.29, 0.717) is 29.3 Å². The van der Waals surface area contributed by atoms with Gasteiger partial charge in [-0.05, 0) is 47.7 Å². The number of pyridine rings is 1. The molecule has 0 radical (unpaired) electrons. The average molecular weight is 403 g/mol. The molecule has 0 saturated carbocycles. The predicted molar refractivity (Wildman–Crippen MR) is 99.5 cm³/mol. The molecule has 0 amide bonds. The maximum absolute atomic E-state index is 13.9. The SMILES string of the molecule is Fc1ccccc1-c1nc2ccn(Cc3ccc(SC(F)(F)F)cc3)cc-2n1. The Bertz CT molecular complexity index is 1070. The van der Waals surface area contributed by atoms with E-state index in [1.54, 1.807) is 48.8 Å². The fraction of sp³-hybridized carbons (Fsp3) is 0.100. The summed E-state index contributed by atoms with van der Waals surface area (Å²) >= 11 is -0.136. The zero-order valence-electron chi connectivity index (χ0n) is 14.3. The molecule has 0 N–H and O–H groups in total. The summed E-state index contributed by atoms with van der Waals surface area (Å²) in [7, 11) is 0. The van der Waals surface area contributed by atoms with Crippen molar-refractivity contribution in [1.82, 2.24) is 14.5 Å². The van der Waals surface area contributed by atoms with E-state index in [1.165, 1.54) is 18.2 Å². The van der Waals surface area contributed by atoms with Crippen LogP contribution in [0.1, 0.15) is 5.56 Å². The van der Waals surface area contributed by atoms with Crippen LogP contribution in [0, 0.1) is 5.82 Å². The number of fused-ring (bicyclic) bond motifs is 1. The van der Waals surface area contributed by atoms with Crippen LogP contribution < -0.4 is 0 Å². The Morgan fingerprint density at radius 1 is 0.893 bits per heavy atom. The molecule has 2 aliphatic heterocycles. The maximum Gasteiger partial charge on any atom is 0.446 e. The van der Waals surface area contributed by atoms with Crippen molar-refractivity contribution in [2.75, 3.05) is 0 Å². The third-order valence-electron chi connectivity index (χ3n) is 4.06. The van der Waals surface area contributed by atoms with Gasteiger partial charge in [0.2, 0.25) is 0 Å². The van der Waals surface area contributed by atoms with Crippen molar-refractivity contribution in [3.8, 4) is 22.8 Å². The number of nitrogens with zero attached hydrogens (tertiary/aromatic N) is 3. The van der Waals surface area contributed by atoms with Gasteiger partial charge in [-0.15, -0.1) is 0 Å². The molecule has 0 saturated heterocycles. The Morgan fingerprint density at radius 3 is 2.32 bits per heavy atom. The Labute approximate surface area is 162 Å². The number of aromatic nitrogens is 3. The molecule has 2 aliphatic rings. The summed E-state index contributed by atoms with van der Waals surface area (Å²) in [4.78, 5) is 8.91. The average Bonchev–Trinajstić information content (AvgIpc) is 3.05. The van der Waals surface area contributed by atoms with Gasteiger partial charge in [-0.2, -0.15) is 13.2 Å². The van der Waals surface area contributed by atoms with Gasteiger partial charge in [0.1, 0.15) is 11.5 Å². The minimum atomic E-state index is -4.30. The summed E-state index contributed by atoms with van der Waals surface area (Å²) < 4.78 is 53.0. The fourth-order valence-corrected chi connectivity index (χ4v) is 3.36. The van der Waals surface area contributed by atoms with E-state index < -0.39 is 5.51 Å². The second kappa shape index (κ2) is 7.27. The second-order valence-corrected chi connectivity index (χ2v) is 7.24. The fourth-order valence-electron chi connectivity index (χ4n) is 2.82. The van der Waals surface area contributed by atoms with Crippen molar-refractivity contribution in [2.45, 2.75) is 16.9 Å². The van der Waals surface area contributed by atoms with Gasteiger partial charge in [-0.25, -0.2) is 14.4 Å². The molecule has 0 aliphatic carbocycles. The molecule has 28 heavy (non-hydrogen) atoms. The van der Waals surface area contributed by atoms with Crippen LogP contribution in [-0.4, -0.2) is 20.0 Å². The van der Waals surface area contributed by atoms with Crippen molar-refractivity contribution in [2.24, 2.45) is 0 Å². The van der Waals surface area contributed by atoms with E-state index in [1.807, 2.05) is 4.57 Å². The highest BCUT2D eigenvalue weighted by atomic mass is 32.2. The Kier molecular flexibility index (Phi) is 4.80. The first-order chi connectivity index (χ1) is 13.4. The van der Waals surface area contributed by atoms with E-state index in [2.05, 4.69) is 9.97 Å². The highest BCUT2D eigenvalue weighted by molar-refractivity contribution is 8.00. The molecule has 4 rings (SSSR count). The first-order valence-corrected chi connectivity index (χ1v) is 9.12. The Morgan fingerprint density at radius 2 is 1.61 bits per heavy atom. The van der Waals surface area contributed by atoms with Crippen molar-refractivity contribution in [1.29, 1.82) is 0 Å². The molecule has 8 heteroatoms.